The Labute approximate surface area is 124 Å². The lowest BCUT2D eigenvalue weighted by Gasteiger charge is -2.17. The predicted molar refractivity (Wildman–Crippen MR) is 81.1 cm³/mol. The third-order valence-corrected chi connectivity index (χ3v) is 3.97. The molecule has 108 valence electrons. The van der Waals surface area contributed by atoms with Gasteiger partial charge in [-0.05, 0) is 25.3 Å². The van der Waals surface area contributed by atoms with E-state index in [-0.39, 0.29) is 24.4 Å². The second-order valence-electron chi connectivity index (χ2n) is 5.30. The molecule has 0 bridgehead atoms. The Morgan fingerprint density at radius 1 is 1.45 bits per heavy atom. The van der Waals surface area contributed by atoms with E-state index in [0.717, 1.165) is 30.5 Å². The van der Waals surface area contributed by atoms with Crippen molar-refractivity contribution in [3.05, 3.63) is 36.1 Å². The Bertz CT molecular complexity index is 609. The molecule has 1 aromatic heterocycles. The Morgan fingerprint density at radius 2 is 2.20 bits per heavy atom. The van der Waals surface area contributed by atoms with Crippen molar-refractivity contribution in [2.75, 3.05) is 13.1 Å². The number of nitrogens with two attached hydrogens (primary N) is 1. The number of fused-ring (bicyclic) bond motifs is 1. The van der Waals surface area contributed by atoms with Gasteiger partial charge in [-0.1, -0.05) is 18.2 Å². The van der Waals surface area contributed by atoms with E-state index < -0.39 is 0 Å². The van der Waals surface area contributed by atoms with Crippen LogP contribution >= 0.6 is 12.4 Å². The van der Waals surface area contributed by atoms with Gasteiger partial charge in [0.1, 0.15) is 11.8 Å². The van der Waals surface area contributed by atoms with Gasteiger partial charge in [0.25, 0.3) is 5.91 Å². The highest BCUT2D eigenvalue weighted by atomic mass is 35.5. The number of hydrogen-bond donors (Lipinski definition) is 1. The summed E-state index contributed by atoms with van der Waals surface area (Å²) < 4.78 is 5.43. The van der Waals surface area contributed by atoms with Crippen LogP contribution < -0.4 is 5.73 Å². The van der Waals surface area contributed by atoms with Gasteiger partial charge in [0.2, 0.25) is 0 Å². The summed E-state index contributed by atoms with van der Waals surface area (Å²) in [6.45, 7) is 3.53. The smallest absolute Gasteiger partial charge is 0.257 e. The number of benzene rings is 1. The first-order chi connectivity index (χ1) is 9.16. The number of para-hydroxylation sites is 1. The third-order valence-electron chi connectivity index (χ3n) is 3.97. The van der Waals surface area contributed by atoms with Gasteiger partial charge >= 0.3 is 0 Å². The molecule has 0 spiro atoms. The van der Waals surface area contributed by atoms with Gasteiger partial charge in [-0.2, -0.15) is 0 Å². The van der Waals surface area contributed by atoms with Crippen LogP contribution in [0.2, 0.25) is 0 Å². The highest BCUT2D eigenvalue weighted by molar-refractivity contribution is 6.05. The number of rotatable bonds is 2. The number of furan rings is 1. The van der Waals surface area contributed by atoms with Crippen LogP contribution in [0.5, 0.6) is 0 Å². The summed E-state index contributed by atoms with van der Waals surface area (Å²) in [5, 5.41) is 0.886. The number of carbonyl (C=O) groups excluding carboxylic acids is 1. The molecule has 1 aliphatic heterocycles. The van der Waals surface area contributed by atoms with Crippen molar-refractivity contribution in [3.8, 4) is 0 Å². The maximum Gasteiger partial charge on any atom is 0.257 e. The fourth-order valence-corrected chi connectivity index (χ4v) is 2.71. The Morgan fingerprint density at radius 3 is 2.90 bits per heavy atom. The van der Waals surface area contributed by atoms with Crippen molar-refractivity contribution < 1.29 is 9.21 Å². The summed E-state index contributed by atoms with van der Waals surface area (Å²) in [4.78, 5) is 14.4. The Kier molecular flexibility index (Phi) is 4.35. The van der Waals surface area contributed by atoms with Crippen LogP contribution in [0, 0.1) is 5.92 Å². The molecule has 2 heterocycles. The van der Waals surface area contributed by atoms with E-state index in [0.29, 0.717) is 11.5 Å². The largest absolute Gasteiger partial charge is 0.463 e. The molecule has 1 saturated heterocycles. The van der Waals surface area contributed by atoms with Gasteiger partial charge in [-0.15, -0.1) is 12.4 Å². The highest BCUT2D eigenvalue weighted by Crippen LogP contribution is 2.25. The second-order valence-corrected chi connectivity index (χ2v) is 5.30. The molecule has 0 radical (unpaired) electrons. The quantitative estimate of drug-likeness (QED) is 0.926. The molecule has 20 heavy (non-hydrogen) atoms. The average molecular weight is 295 g/mol. The first-order valence-corrected chi connectivity index (χ1v) is 6.68. The van der Waals surface area contributed by atoms with Crippen LogP contribution in [0.25, 0.3) is 11.0 Å². The van der Waals surface area contributed by atoms with E-state index in [4.69, 9.17) is 10.2 Å². The zero-order valence-electron chi connectivity index (χ0n) is 11.4. The molecule has 1 amide bonds. The first kappa shape index (κ1) is 14.9. The molecular weight excluding hydrogens is 276 g/mol. The fraction of sp³-hybridized carbons (Fsp3) is 0.400. The highest BCUT2D eigenvalue weighted by Gasteiger charge is 2.30. The molecule has 1 aliphatic rings. The second kappa shape index (κ2) is 5.85. The number of amides is 1. The molecular formula is C15H19ClN2O2. The van der Waals surface area contributed by atoms with E-state index in [1.165, 1.54) is 0 Å². The lowest BCUT2D eigenvalue weighted by Crippen LogP contribution is -2.32. The van der Waals surface area contributed by atoms with Gasteiger partial charge in [-0.3, -0.25) is 4.79 Å². The van der Waals surface area contributed by atoms with Crippen molar-refractivity contribution in [3.63, 3.8) is 0 Å². The maximum absolute atomic E-state index is 12.5. The van der Waals surface area contributed by atoms with E-state index in [1.807, 2.05) is 36.1 Å². The normalized spacial score (nSPS) is 19.9. The molecule has 4 nitrogen and oxygen atoms in total. The molecule has 5 heteroatoms. The maximum atomic E-state index is 12.5. The van der Waals surface area contributed by atoms with Gasteiger partial charge in [0, 0.05) is 24.5 Å². The Hall–Kier alpha value is -1.52. The number of hydrogen-bond acceptors (Lipinski definition) is 3. The minimum absolute atomic E-state index is 0. The SMILES string of the molecule is CC(N)C1CCN(C(=O)c2coc3ccccc23)C1.Cl. The number of likely N-dealkylation sites (tertiary alicyclic amines) is 1. The van der Waals surface area contributed by atoms with Crippen molar-refractivity contribution in [1.29, 1.82) is 0 Å². The van der Waals surface area contributed by atoms with Gasteiger partial charge in [-0.25, -0.2) is 0 Å². The topological polar surface area (TPSA) is 59.5 Å². The summed E-state index contributed by atoms with van der Waals surface area (Å²) in [6.07, 6.45) is 2.55. The monoisotopic (exact) mass is 294 g/mol. The Balaban J connectivity index is 0.00000147. The van der Waals surface area contributed by atoms with E-state index >= 15 is 0 Å². The van der Waals surface area contributed by atoms with Crippen molar-refractivity contribution in [2.45, 2.75) is 19.4 Å². The molecule has 0 saturated carbocycles. The number of nitrogens with zero attached hydrogens (tertiary/aromatic N) is 1. The number of halogens is 1. The van der Waals surface area contributed by atoms with Crippen LogP contribution in [0.15, 0.2) is 34.9 Å². The van der Waals surface area contributed by atoms with Gasteiger partial charge in [0.15, 0.2) is 0 Å². The third kappa shape index (κ3) is 2.53. The van der Waals surface area contributed by atoms with Crippen LogP contribution in [-0.2, 0) is 0 Å². The summed E-state index contributed by atoms with van der Waals surface area (Å²) >= 11 is 0. The molecule has 2 aromatic rings. The van der Waals surface area contributed by atoms with E-state index in [2.05, 4.69) is 0 Å². The van der Waals surface area contributed by atoms with Crippen molar-refractivity contribution >= 4 is 29.3 Å². The molecule has 1 aromatic carbocycles. The van der Waals surface area contributed by atoms with Crippen LogP contribution in [-0.4, -0.2) is 29.9 Å². The van der Waals surface area contributed by atoms with E-state index in [9.17, 15) is 4.79 Å². The predicted octanol–water partition coefficient (Wildman–Crippen LogP) is 2.66. The average Bonchev–Trinajstić information content (AvgIpc) is 3.05. The molecule has 1 fully saturated rings. The van der Waals surface area contributed by atoms with Crippen LogP contribution in [0.3, 0.4) is 0 Å². The van der Waals surface area contributed by atoms with Crippen LogP contribution in [0.1, 0.15) is 23.7 Å². The zero-order chi connectivity index (χ0) is 13.4. The van der Waals surface area contributed by atoms with Crippen LogP contribution in [0.4, 0.5) is 0 Å². The summed E-state index contributed by atoms with van der Waals surface area (Å²) in [7, 11) is 0. The zero-order valence-corrected chi connectivity index (χ0v) is 12.2. The van der Waals surface area contributed by atoms with Gasteiger partial charge in [0.05, 0.1) is 5.56 Å². The molecule has 2 unspecified atom stereocenters. The lowest BCUT2D eigenvalue weighted by molar-refractivity contribution is 0.0787. The molecule has 2 atom stereocenters. The summed E-state index contributed by atoms with van der Waals surface area (Å²) in [5.41, 5.74) is 7.32. The van der Waals surface area contributed by atoms with Crippen molar-refractivity contribution in [2.24, 2.45) is 11.7 Å². The molecule has 3 rings (SSSR count). The number of carbonyl (C=O) groups is 1. The van der Waals surface area contributed by atoms with E-state index in [1.54, 1.807) is 6.26 Å². The fourth-order valence-electron chi connectivity index (χ4n) is 2.71. The van der Waals surface area contributed by atoms with Gasteiger partial charge < -0.3 is 15.1 Å². The minimum Gasteiger partial charge on any atom is -0.463 e. The summed E-state index contributed by atoms with van der Waals surface area (Å²) in [6, 6.07) is 7.76. The van der Waals surface area contributed by atoms with Crippen molar-refractivity contribution in [1.82, 2.24) is 4.90 Å². The first-order valence-electron chi connectivity index (χ1n) is 6.68. The molecule has 2 N–H and O–H groups in total. The minimum atomic E-state index is 0. The molecule has 0 aliphatic carbocycles. The lowest BCUT2D eigenvalue weighted by atomic mass is 10.0. The summed E-state index contributed by atoms with van der Waals surface area (Å²) in [5.74, 6) is 0.454. The standard InChI is InChI=1S/C15H18N2O2.ClH/c1-10(16)11-6-7-17(8-11)15(18)13-9-19-14-5-3-2-4-12(13)14;/h2-5,9-11H,6-8,16H2,1H3;1H.